The lowest BCUT2D eigenvalue weighted by atomic mass is 9.55. The van der Waals surface area contributed by atoms with Crippen molar-refractivity contribution in [2.45, 2.75) is 31.1 Å². The zero-order valence-corrected chi connectivity index (χ0v) is 7.76. The van der Waals surface area contributed by atoms with E-state index in [4.69, 9.17) is 11.6 Å². The molecule has 0 spiro atoms. The van der Waals surface area contributed by atoms with E-state index in [2.05, 4.69) is 0 Å². The van der Waals surface area contributed by atoms with Crippen LogP contribution in [0.3, 0.4) is 0 Å². The molecule has 4 rings (SSSR count). The third-order valence-corrected chi connectivity index (χ3v) is 4.69. The van der Waals surface area contributed by atoms with Crippen LogP contribution in [-0.2, 0) is 4.79 Å². The molecule has 0 saturated heterocycles. The average Bonchev–Trinajstić information content (AvgIpc) is 2.07. The van der Waals surface area contributed by atoms with Gasteiger partial charge in [-0.1, -0.05) is 0 Å². The van der Waals surface area contributed by atoms with E-state index in [1.807, 2.05) is 0 Å². The molecule has 0 amide bonds. The first-order valence-electron chi connectivity index (χ1n) is 4.93. The molecule has 1 nitrogen and oxygen atoms in total. The Balaban J connectivity index is 1.98. The zero-order valence-electron chi connectivity index (χ0n) is 7.00. The van der Waals surface area contributed by atoms with Crippen LogP contribution in [-0.4, -0.2) is 11.2 Å². The summed E-state index contributed by atoms with van der Waals surface area (Å²) < 4.78 is 0. The second-order valence-corrected chi connectivity index (χ2v) is 5.22. The highest BCUT2D eigenvalue weighted by Crippen LogP contribution is 2.53. The van der Waals surface area contributed by atoms with E-state index in [1.165, 1.54) is 12.8 Å². The summed E-state index contributed by atoms with van der Waals surface area (Å²) in [5.41, 5.74) is 0. The predicted octanol–water partition coefficient (Wildman–Crippen LogP) is 2.23. The van der Waals surface area contributed by atoms with Crippen LogP contribution in [0.15, 0.2) is 0 Å². The lowest BCUT2D eigenvalue weighted by molar-refractivity contribution is -0.139. The maximum atomic E-state index is 11.7. The van der Waals surface area contributed by atoms with Gasteiger partial charge < -0.3 is 0 Å². The summed E-state index contributed by atoms with van der Waals surface area (Å²) in [4.78, 5) is 11.7. The van der Waals surface area contributed by atoms with Crippen LogP contribution in [0.2, 0.25) is 0 Å². The minimum Gasteiger partial charge on any atom is -0.299 e. The molecule has 2 heteroatoms. The van der Waals surface area contributed by atoms with Crippen molar-refractivity contribution < 1.29 is 4.79 Å². The normalized spacial score (nSPS) is 56.4. The SMILES string of the molecule is O=C1C2CC3CC(C2)C(Cl)C1C3. The molecule has 66 valence electrons. The van der Waals surface area contributed by atoms with Gasteiger partial charge in [-0.2, -0.15) is 0 Å². The van der Waals surface area contributed by atoms with Crippen LogP contribution in [0.4, 0.5) is 0 Å². The van der Waals surface area contributed by atoms with Crippen LogP contribution in [0, 0.1) is 23.7 Å². The van der Waals surface area contributed by atoms with E-state index >= 15 is 0 Å². The van der Waals surface area contributed by atoms with Gasteiger partial charge >= 0.3 is 0 Å². The summed E-state index contributed by atoms with van der Waals surface area (Å²) in [6.07, 6.45) is 4.67. The molecule has 4 saturated carbocycles. The number of ketones is 1. The zero-order chi connectivity index (χ0) is 8.29. The van der Waals surface area contributed by atoms with E-state index in [9.17, 15) is 4.79 Å². The molecule has 0 aliphatic heterocycles. The molecule has 4 aliphatic rings. The average molecular weight is 185 g/mol. The van der Waals surface area contributed by atoms with Crippen molar-refractivity contribution in [1.29, 1.82) is 0 Å². The molecule has 4 fully saturated rings. The Hall–Kier alpha value is -0.0400. The summed E-state index contributed by atoms with van der Waals surface area (Å²) in [7, 11) is 0. The summed E-state index contributed by atoms with van der Waals surface area (Å²) >= 11 is 6.24. The Morgan fingerprint density at radius 1 is 1.17 bits per heavy atom. The monoisotopic (exact) mass is 184 g/mol. The van der Waals surface area contributed by atoms with E-state index in [0.29, 0.717) is 17.6 Å². The van der Waals surface area contributed by atoms with Crippen molar-refractivity contribution >= 4 is 17.4 Å². The van der Waals surface area contributed by atoms with Crippen molar-refractivity contribution in [2.75, 3.05) is 0 Å². The molecule has 5 unspecified atom stereocenters. The summed E-state index contributed by atoms with van der Waals surface area (Å²) in [6.45, 7) is 0. The van der Waals surface area contributed by atoms with Gasteiger partial charge in [0.25, 0.3) is 0 Å². The molecule has 5 atom stereocenters. The van der Waals surface area contributed by atoms with Crippen molar-refractivity contribution in [2.24, 2.45) is 23.7 Å². The smallest absolute Gasteiger partial charge is 0.140 e. The number of Topliss-reactive ketones (excluding diaryl/α,β-unsaturated/α-hetero) is 1. The maximum Gasteiger partial charge on any atom is 0.140 e. The fourth-order valence-electron chi connectivity index (χ4n) is 3.56. The number of hydrogen-bond donors (Lipinski definition) is 0. The first-order valence-corrected chi connectivity index (χ1v) is 5.37. The molecular formula is C10H13ClO. The topological polar surface area (TPSA) is 17.1 Å². The van der Waals surface area contributed by atoms with E-state index in [1.54, 1.807) is 0 Å². The number of rotatable bonds is 0. The molecule has 12 heavy (non-hydrogen) atoms. The van der Waals surface area contributed by atoms with E-state index in [-0.39, 0.29) is 11.3 Å². The number of carbonyl (C=O) groups excluding carboxylic acids is 1. The number of hydrogen-bond acceptors (Lipinski definition) is 1. The minimum atomic E-state index is 0.185. The third kappa shape index (κ3) is 0.783. The molecule has 0 aromatic rings. The highest BCUT2D eigenvalue weighted by molar-refractivity contribution is 6.23. The summed E-state index contributed by atoms with van der Waals surface area (Å²) in [5, 5.41) is 0.185. The van der Waals surface area contributed by atoms with Crippen LogP contribution < -0.4 is 0 Å². The molecule has 0 aromatic carbocycles. The van der Waals surface area contributed by atoms with E-state index < -0.39 is 0 Å². The van der Waals surface area contributed by atoms with Gasteiger partial charge in [0.05, 0.1) is 0 Å². The van der Waals surface area contributed by atoms with Crippen molar-refractivity contribution in [1.82, 2.24) is 0 Å². The van der Waals surface area contributed by atoms with Crippen LogP contribution in [0.5, 0.6) is 0 Å². The lowest BCUT2D eigenvalue weighted by Gasteiger charge is -2.51. The van der Waals surface area contributed by atoms with Gasteiger partial charge in [-0.25, -0.2) is 0 Å². The molecule has 0 aromatic heterocycles. The van der Waals surface area contributed by atoms with Crippen molar-refractivity contribution in [3.8, 4) is 0 Å². The second-order valence-electron chi connectivity index (χ2n) is 4.72. The van der Waals surface area contributed by atoms with Gasteiger partial charge in [-0.15, -0.1) is 11.6 Å². The minimum absolute atomic E-state index is 0.185. The van der Waals surface area contributed by atoms with Crippen LogP contribution in [0.1, 0.15) is 25.7 Å². The number of alkyl halides is 1. The second kappa shape index (κ2) is 2.25. The van der Waals surface area contributed by atoms with Crippen LogP contribution >= 0.6 is 11.6 Å². The van der Waals surface area contributed by atoms with Gasteiger partial charge in [-0.3, -0.25) is 4.79 Å². The third-order valence-electron chi connectivity index (χ3n) is 4.03. The van der Waals surface area contributed by atoms with Gasteiger partial charge in [0.2, 0.25) is 0 Å². The molecular weight excluding hydrogens is 172 g/mol. The van der Waals surface area contributed by atoms with Crippen LogP contribution in [0.25, 0.3) is 0 Å². The molecule has 4 bridgehead atoms. The Kier molecular flexibility index (Phi) is 1.39. The highest BCUT2D eigenvalue weighted by atomic mass is 35.5. The Morgan fingerprint density at radius 3 is 2.83 bits per heavy atom. The van der Waals surface area contributed by atoms with Gasteiger partial charge in [-0.05, 0) is 37.5 Å². The largest absolute Gasteiger partial charge is 0.299 e. The van der Waals surface area contributed by atoms with Crippen molar-refractivity contribution in [3.63, 3.8) is 0 Å². The standard InChI is InChI=1S/C10H13ClO/c11-9-6-1-5-2-7(4-6)10(12)8(9)3-5/h5-9H,1-4H2. The number of carbonyl (C=O) groups is 1. The first-order chi connectivity index (χ1) is 5.75. The first kappa shape index (κ1) is 7.37. The van der Waals surface area contributed by atoms with Crippen molar-refractivity contribution in [3.05, 3.63) is 0 Å². The number of halogens is 1. The molecule has 0 N–H and O–H groups in total. The fraction of sp³-hybridized carbons (Fsp3) is 0.900. The van der Waals surface area contributed by atoms with Gasteiger partial charge in [0, 0.05) is 17.2 Å². The Labute approximate surface area is 77.5 Å². The summed E-state index contributed by atoms with van der Waals surface area (Å²) in [5.74, 6) is 2.64. The fourth-order valence-corrected chi connectivity index (χ4v) is 4.00. The predicted molar refractivity (Wildman–Crippen MR) is 47.1 cm³/mol. The van der Waals surface area contributed by atoms with Gasteiger partial charge in [0.1, 0.15) is 5.78 Å². The summed E-state index contributed by atoms with van der Waals surface area (Å²) in [6, 6.07) is 0. The Morgan fingerprint density at radius 2 is 2.00 bits per heavy atom. The van der Waals surface area contributed by atoms with E-state index in [0.717, 1.165) is 18.8 Å². The highest BCUT2D eigenvalue weighted by Gasteiger charge is 2.52. The lowest BCUT2D eigenvalue weighted by Crippen LogP contribution is -2.51. The van der Waals surface area contributed by atoms with Gasteiger partial charge in [0.15, 0.2) is 0 Å². The maximum absolute atomic E-state index is 11.7. The molecule has 0 radical (unpaired) electrons. The molecule has 0 heterocycles. The molecule has 4 aliphatic carbocycles. The Bertz CT molecular complexity index is 238. The quantitative estimate of drug-likeness (QED) is 0.528.